The number of nitrogens with one attached hydrogen (secondary N) is 1. The van der Waals surface area contributed by atoms with E-state index in [4.69, 9.17) is 10.5 Å². The van der Waals surface area contributed by atoms with E-state index in [2.05, 4.69) is 25.3 Å². The van der Waals surface area contributed by atoms with Crippen LogP contribution in [-0.2, 0) is 11.3 Å². The molecule has 2 aromatic rings. The summed E-state index contributed by atoms with van der Waals surface area (Å²) in [6, 6.07) is 0. The number of hydrogen-bond donors (Lipinski definition) is 2. The molecule has 1 saturated heterocycles. The van der Waals surface area contributed by atoms with Crippen molar-refractivity contribution in [3.63, 3.8) is 0 Å². The lowest BCUT2D eigenvalue weighted by Crippen LogP contribution is -3.11. The quantitative estimate of drug-likeness (QED) is 0.660. The number of rotatable bonds is 4. The smallest absolute Gasteiger partial charge is 0.360 e. The zero-order valence-corrected chi connectivity index (χ0v) is 12.3. The molecule has 3 N–H and O–H groups in total. The maximum Gasteiger partial charge on any atom is 0.360 e. The average molecular weight is 308 g/mol. The van der Waals surface area contributed by atoms with Crippen LogP contribution < -0.4 is 10.6 Å². The van der Waals surface area contributed by atoms with Crippen molar-refractivity contribution in [2.45, 2.75) is 25.8 Å². The summed E-state index contributed by atoms with van der Waals surface area (Å²) < 4.78 is 10.8. The van der Waals surface area contributed by atoms with Crippen molar-refractivity contribution in [1.29, 1.82) is 0 Å². The molecule has 2 aromatic heterocycles. The summed E-state index contributed by atoms with van der Waals surface area (Å²) in [5.74, 6) is -0.210. The van der Waals surface area contributed by atoms with Crippen molar-refractivity contribution in [2.75, 3.05) is 25.9 Å². The third-order valence-electron chi connectivity index (χ3n) is 3.82. The fraction of sp³-hybridized carbons (Fsp3) is 0.583. The van der Waals surface area contributed by atoms with Crippen LogP contribution in [0.25, 0.3) is 5.82 Å². The number of nitrogens with zero attached hydrogens (tertiary/aromatic N) is 5. The van der Waals surface area contributed by atoms with Crippen LogP contribution in [0.5, 0.6) is 0 Å². The summed E-state index contributed by atoms with van der Waals surface area (Å²) >= 11 is 0. The number of esters is 1. The second kappa shape index (κ2) is 6.10. The molecular weight excluding hydrogens is 290 g/mol. The van der Waals surface area contributed by atoms with Crippen molar-refractivity contribution in [3.8, 4) is 5.82 Å². The first-order valence-corrected chi connectivity index (χ1v) is 7.15. The van der Waals surface area contributed by atoms with Crippen molar-refractivity contribution < 1.29 is 19.1 Å². The number of anilines is 1. The Morgan fingerprint density at radius 1 is 1.36 bits per heavy atom. The largest absolute Gasteiger partial charge is 0.464 e. The average Bonchev–Trinajstić information content (AvgIpc) is 3.13. The molecule has 10 heteroatoms. The summed E-state index contributed by atoms with van der Waals surface area (Å²) in [6.07, 6.45) is 3.57. The van der Waals surface area contributed by atoms with Crippen LogP contribution in [0.2, 0.25) is 0 Å². The van der Waals surface area contributed by atoms with Crippen LogP contribution in [0.4, 0.5) is 5.82 Å². The van der Waals surface area contributed by atoms with Gasteiger partial charge in [0.2, 0.25) is 11.6 Å². The van der Waals surface area contributed by atoms with Crippen LogP contribution in [-0.4, -0.2) is 51.5 Å². The van der Waals surface area contributed by atoms with E-state index in [0.717, 1.165) is 25.9 Å². The molecule has 0 spiro atoms. The molecule has 0 atom stereocenters. The first kappa shape index (κ1) is 14.4. The van der Waals surface area contributed by atoms with E-state index in [-0.39, 0.29) is 17.3 Å². The molecule has 0 unspecified atom stereocenters. The Hall–Kier alpha value is -2.49. The summed E-state index contributed by atoms with van der Waals surface area (Å²) in [5.41, 5.74) is 6.49. The van der Waals surface area contributed by atoms with Gasteiger partial charge in [-0.25, -0.2) is 9.42 Å². The number of nitrogen functional groups attached to an aromatic ring is 1. The van der Waals surface area contributed by atoms with Crippen molar-refractivity contribution >= 4 is 11.8 Å². The number of likely N-dealkylation sites (tertiary alicyclic amines) is 1. The minimum atomic E-state index is -0.535. The highest BCUT2D eigenvalue weighted by atomic mass is 16.6. The van der Waals surface area contributed by atoms with Gasteiger partial charge in [-0.05, 0) is 29.6 Å². The maximum atomic E-state index is 11.9. The predicted molar refractivity (Wildman–Crippen MR) is 73.2 cm³/mol. The Labute approximate surface area is 126 Å². The van der Waals surface area contributed by atoms with E-state index in [1.54, 1.807) is 0 Å². The number of methoxy groups -OCH3 is 1. The van der Waals surface area contributed by atoms with E-state index in [0.29, 0.717) is 12.2 Å². The molecule has 0 amide bonds. The van der Waals surface area contributed by atoms with Gasteiger partial charge in [-0.15, -0.1) is 5.10 Å². The first-order valence-electron chi connectivity index (χ1n) is 7.15. The van der Waals surface area contributed by atoms with Gasteiger partial charge in [0.15, 0.2) is 5.69 Å². The Balaban J connectivity index is 1.97. The van der Waals surface area contributed by atoms with E-state index in [9.17, 15) is 4.79 Å². The van der Waals surface area contributed by atoms with E-state index in [1.165, 1.54) is 23.1 Å². The molecule has 118 valence electrons. The van der Waals surface area contributed by atoms with Crippen molar-refractivity contribution in [1.82, 2.24) is 25.3 Å². The number of quaternary nitrogens is 1. The fourth-order valence-electron chi connectivity index (χ4n) is 2.69. The van der Waals surface area contributed by atoms with Crippen molar-refractivity contribution in [2.24, 2.45) is 0 Å². The van der Waals surface area contributed by atoms with Crippen molar-refractivity contribution in [3.05, 3.63) is 11.4 Å². The number of aromatic nitrogens is 5. The molecule has 0 radical (unpaired) electrons. The zero-order valence-electron chi connectivity index (χ0n) is 12.3. The molecule has 1 aliphatic rings. The molecular formula is C12H18N7O3+. The van der Waals surface area contributed by atoms with E-state index < -0.39 is 5.97 Å². The Bertz CT molecular complexity index is 659. The summed E-state index contributed by atoms with van der Waals surface area (Å²) in [7, 11) is 1.31. The SMILES string of the molecule is COC(=O)c1nnn(-c2nonc2N)c1C[NH+]1CCCCC1. The number of carbonyl (C=O) groups excluding carboxylic acids is 1. The molecule has 1 aliphatic heterocycles. The lowest BCUT2D eigenvalue weighted by atomic mass is 10.1. The second-order valence-corrected chi connectivity index (χ2v) is 5.25. The fourth-order valence-corrected chi connectivity index (χ4v) is 2.69. The predicted octanol–water partition coefficient (Wildman–Crippen LogP) is -1.41. The summed E-state index contributed by atoms with van der Waals surface area (Å²) in [6.45, 7) is 2.67. The lowest BCUT2D eigenvalue weighted by Gasteiger charge is -2.23. The third kappa shape index (κ3) is 2.64. The van der Waals surface area contributed by atoms with Gasteiger partial charge in [-0.1, -0.05) is 5.21 Å². The molecule has 3 rings (SSSR count). The van der Waals surface area contributed by atoms with Gasteiger partial charge in [0.25, 0.3) is 0 Å². The van der Waals surface area contributed by atoms with Crippen LogP contribution in [0.1, 0.15) is 35.4 Å². The van der Waals surface area contributed by atoms with Crippen LogP contribution in [0.3, 0.4) is 0 Å². The lowest BCUT2D eigenvalue weighted by molar-refractivity contribution is -0.918. The number of hydrogen-bond acceptors (Lipinski definition) is 8. The second-order valence-electron chi connectivity index (χ2n) is 5.25. The minimum Gasteiger partial charge on any atom is -0.464 e. The first-order chi connectivity index (χ1) is 10.7. The monoisotopic (exact) mass is 308 g/mol. The molecule has 0 aliphatic carbocycles. The minimum absolute atomic E-state index is 0.0937. The molecule has 22 heavy (non-hydrogen) atoms. The molecule has 0 bridgehead atoms. The highest BCUT2D eigenvalue weighted by Gasteiger charge is 2.28. The zero-order chi connectivity index (χ0) is 15.5. The molecule has 0 aromatic carbocycles. The van der Waals surface area contributed by atoms with Gasteiger partial charge >= 0.3 is 5.97 Å². The van der Waals surface area contributed by atoms with E-state index >= 15 is 0 Å². The molecule has 10 nitrogen and oxygen atoms in total. The van der Waals surface area contributed by atoms with Gasteiger partial charge in [0, 0.05) is 0 Å². The summed E-state index contributed by atoms with van der Waals surface area (Å²) in [4.78, 5) is 13.3. The normalized spacial score (nSPS) is 15.9. The van der Waals surface area contributed by atoms with Gasteiger partial charge in [-0.3, -0.25) is 0 Å². The standard InChI is InChI=1S/C12H17N7O3/c1-21-12(20)9-8(7-18-5-3-2-4-6-18)19(17-14-9)11-10(13)15-22-16-11/h2-7H2,1H3,(H2,13,15)/p+1. The number of piperidine rings is 1. The van der Waals surface area contributed by atoms with Gasteiger partial charge in [0.1, 0.15) is 12.2 Å². The maximum absolute atomic E-state index is 11.9. The van der Waals surface area contributed by atoms with Crippen LogP contribution in [0.15, 0.2) is 4.63 Å². The molecule has 3 heterocycles. The summed E-state index contributed by atoms with van der Waals surface area (Å²) in [5, 5.41) is 15.1. The molecule has 1 fully saturated rings. The highest BCUT2D eigenvalue weighted by molar-refractivity contribution is 5.88. The number of nitrogens with two attached hydrogens (primary N) is 1. The van der Waals surface area contributed by atoms with Gasteiger partial charge < -0.3 is 15.4 Å². The Morgan fingerprint density at radius 2 is 2.14 bits per heavy atom. The topological polar surface area (TPSA) is 126 Å². The highest BCUT2D eigenvalue weighted by Crippen LogP contribution is 2.15. The number of carbonyl (C=O) groups is 1. The van der Waals surface area contributed by atoms with Gasteiger partial charge in [0.05, 0.1) is 20.2 Å². The third-order valence-corrected chi connectivity index (χ3v) is 3.82. The van der Waals surface area contributed by atoms with Gasteiger partial charge in [-0.2, -0.15) is 4.68 Å². The van der Waals surface area contributed by atoms with E-state index in [1.807, 2.05) is 0 Å². The Kier molecular flexibility index (Phi) is 4.00. The Morgan fingerprint density at radius 3 is 2.77 bits per heavy atom. The van der Waals surface area contributed by atoms with Crippen LogP contribution >= 0.6 is 0 Å². The molecule has 0 saturated carbocycles. The van der Waals surface area contributed by atoms with Crippen LogP contribution in [0, 0.1) is 0 Å². The number of ether oxygens (including phenoxy) is 1.